The largest absolute Gasteiger partial charge is 0.481 e. The molecule has 3 atom stereocenters. The summed E-state index contributed by atoms with van der Waals surface area (Å²) in [4.78, 5) is 17.0. The van der Waals surface area contributed by atoms with E-state index in [1.54, 1.807) is 7.11 Å². The number of aliphatic imine (C=N–C) groups is 1. The van der Waals surface area contributed by atoms with Crippen LogP contribution in [0.3, 0.4) is 0 Å². The molecule has 6 nitrogen and oxygen atoms in total. The van der Waals surface area contributed by atoms with Gasteiger partial charge >= 0.3 is 5.97 Å². The maximum Gasteiger partial charge on any atom is 0.332 e. The number of hydrogen-bond acceptors (Lipinski definition) is 6. The second-order valence-corrected chi connectivity index (χ2v) is 15.0. The Morgan fingerprint density at radius 3 is 2.26 bits per heavy atom. The van der Waals surface area contributed by atoms with Gasteiger partial charge < -0.3 is 19.0 Å². The third-order valence-electron chi connectivity index (χ3n) is 6.10. The van der Waals surface area contributed by atoms with Crippen molar-refractivity contribution in [2.45, 2.75) is 97.2 Å². The molecule has 0 amide bonds. The zero-order chi connectivity index (χ0) is 21.3. The summed E-state index contributed by atoms with van der Waals surface area (Å²) in [5.41, 5.74) is -1.25. The van der Waals surface area contributed by atoms with E-state index < -0.39 is 26.1 Å². The summed E-state index contributed by atoms with van der Waals surface area (Å²) >= 11 is 0. The van der Waals surface area contributed by atoms with Crippen molar-refractivity contribution in [2.24, 2.45) is 10.4 Å². The predicted molar refractivity (Wildman–Crippen MR) is 111 cm³/mol. The van der Waals surface area contributed by atoms with Crippen molar-refractivity contribution >= 4 is 20.2 Å². The number of hydrogen-bond donors (Lipinski definition) is 1. The smallest absolute Gasteiger partial charge is 0.332 e. The van der Waals surface area contributed by atoms with Crippen LogP contribution in [0.2, 0.25) is 18.1 Å². The van der Waals surface area contributed by atoms with Gasteiger partial charge in [-0.25, -0.2) is 9.79 Å². The normalized spacial score (nSPS) is 25.7. The first kappa shape index (κ1) is 24.1. The SMILES string of the molecule is COC1=N[C@@H](CC[C@@H](O)CO[Si](C)(C)C(C)(C)C)C(=O)O[C@]1(C)C(C)(C)C. The maximum absolute atomic E-state index is 12.5. The molecule has 0 bridgehead atoms. The molecule has 7 heteroatoms. The van der Waals surface area contributed by atoms with Gasteiger partial charge in [-0.2, -0.15) is 0 Å². The summed E-state index contributed by atoms with van der Waals surface area (Å²) in [5, 5.41) is 10.4. The Morgan fingerprint density at radius 2 is 1.81 bits per heavy atom. The Labute approximate surface area is 165 Å². The number of ether oxygens (including phenoxy) is 2. The van der Waals surface area contributed by atoms with Gasteiger partial charge in [0, 0.05) is 5.41 Å². The number of carbonyl (C=O) groups is 1. The molecule has 158 valence electrons. The van der Waals surface area contributed by atoms with Crippen LogP contribution in [-0.2, 0) is 18.7 Å². The Hall–Kier alpha value is -0.923. The number of aliphatic hydroxyl groups is 1. The van der Waals surface area contributed by atoms with Crippen LogP contribution in [0.25, 0.3) is 0 Å². The molecule has 1 aliphatic heterocycles. The fourth-order valence-corrected chi connectivity index (χ4v) is 3.53. The van der Waals surface area contributed by atoms with Gasteiger partial charge in [-0.15, -0.1) is 0 Å². The van der Waals surface area contributed by atoms with E-state index in [2.05, 4.69) is 38.9 Å². The van der Waals surface area contributed by atoms with Crippen LogP contribution < -0.4 is 0 Å². The molecular weight excluding hydrogens is 362 g/mol. The lowest BCUT2D eigenvalue weighted by Gasteiger charge is -2.43. The van der Waals surface area contributed by atoms with Crippen LogP contribution in [0.5, 0.6) is 0 Å². The van der Waals surface area contributed by atoms with Crippen LogP contribution in [0.15, 0.2) is 4.99 Å². The molecule has 1 aliphatic rings. The minimum Gasteiger partial charge on any atom is -0.481 e. The minimum absolute atomic E-state index is 0.0922. The van der Waals surface area contributed by atoms with E-state index in [4.69, 9.17) is 13.9 Å². The van der Waals surface area contributed by atoms with E-state index in [0.717, 1.165) is 0 Å². The Bertz CT molecular complexity index is 562. The quantitative estimate of drug-likeness (QED) is 0.539. The van der Waals surface area contributed by atoms with Gasteiger partial charge in [0.2, 0.25) is 5.90 Å². The number of cyclic esters (lactones) is 1. The third-order valence-corrected chi connectivity index (χ3v) is 10.6. The molecule has 0 aromatic heterocycles. The van der Waals surface area contributed by atoms with Gasteiger partial charge in [-0.1, -0.05) is 41.5 Å². The second kappa shape index (κ2) is 8.21. The van der Waals surface area contributed by atoms with Gasteiger partial charge in [-0.3, -0.25) is 0 Å². The van der Waals surface area contributed by atoms with Crippen LogP contribution in [-0.4, -0.2) is 56.8 Å². The monoisotopic (exact) mass is 401 g/mol. The highest BCUT2D eigenvalue weighted by Gasteiger charge is 2.51. The highest BCUT2D eigenvalue weighted by atomic mass is 28.4. The predicted octanol–water partition coefficient (Wildman–Crippen LogP) is 3.92. The molecule has 0 saturated carbocycles. The summed E-state index contributed by atoms with van der Waals surface area (Å²) in [6.07, 6.45) is 0.179. The van der Waals surface area contributed by atoms with Crippen LogP contribution in [0.4, 0.5) is 0 Å². The molecule has 0 fully saturated rings. The molecule has 0 spiro atoms. The van der Waals surface area contributed by atoms with Crippen LogP contribution >= 0.6 is 0 Å². The molecule has 0 aromatic carbocycles. The number of aliphatic hydroxyl groups excluding tert-OH is 1. The van der Waals surface area contributed by atoms with Gasteiger partial charge in [0.05, 0.1) is 19.8 Å². The lowest BCUT2D eigenvalue weighted by atomic mass is 9.76. The van der Waals surface area contributed by atoms with Crippen molar-refractivity contribution < 1.29 is 23.8 Å². The summed E-state index contributed by atoms with van der Waals surface area (Å²) in [6.45, 7) is 18.8. The number of rotatable bonds is 6. The third kappa shape index (κ3) is 5.54. The fraction of sp³-hybridized carbons (Fsp3) is 0.900. The average Bonchev–Trinajstić information content (AvgIpc) is 2.50. The Balaban J connectivity index is 2.72. The zero-order valence-electron chi connectivity index (χ0n) is 18.8. The van der Waals surface area contributed by atoms with Crippen molar-refractivity contribution in [3.05, 3.63) is 0 Å². The molecule has 0 aliphatic carbocycles. The molecule has 1 heterocycles. The van der Waals surface area contributed by atoms with Gasteiger partial charge in [0.1, 0.15) is 0 Å². The van der Waals surface area contributed by atoms with E-state index in [1.165, 1.54) is 0 Å². The van der Waals surface area contributed by atoms with Crippen LogP contribution in [0.1, 0.15) is 61.3 Å². The second-order valence-electron chi connectivity index (χ2n) is 10.2. The molecule has 1 rings (SSSR count). The lowest BCUT2D eigenvalue weighted by Crippen LogP contribution is -2.56. The number of methoxy groups -OCH3 is 1. The summed E-state index contributed by atoms with van der Waals surface area (Å²) < 4.78 is 17.2. The topological polar surface area (TPSA) is 77.4 Å². The molecule has 0 saturated heterocycles. The van der Waals surface area contributed by atoms with Crippen molar-refractivity contribution in [2.75, 3.05) is 13.7 Å². The molecule has 0 aromatic rings. The first-order chi connectivity index (χ1) is 12.0. The lowest BCUT2D eigenvalue weighted by molar-refractivity contribution is -0.166. The minimum atomic E-state index is -1.91. The summed E-state index contributed by atoms with van der Waals surface area (Å²) in [6, 6.07) is -0.655. The van der Waals surface area contributed by atoms with Gasteiger partial charge in [-0.05, 0) is 37.9 Å². The highest BCUT2D eigenvalue weighted by Crippen LogP contribution is 2.39. The number of nitrogens with zero attached hydrogens (tertiary/aromatic N) is 1. The van der Waals surface area contributed by atoms with E-state index in [9.17, 15) is 9.90 Å². The average molecular weight is 402 g/mol. The van der Waals surface area contributed by atoms with E-state index in [1.807, 2.05) is 27.7 Å². The van der Waals surface area contributed by atoms with Crippen molar-refractivity contribution in [3.8, 4) is 0 Å². The van der Waals surface area contributed by atoms with Crippen molar-refractivity contribution in [3.63, 3.8) is 0 Å². The van der Waals surface area contributed by atoms with E-state index >= 15 is 0 Å². The molecule has 27 heavy (non-hydrogen) atoms. The first-order valence-electron chi connectivity index (χ1n) is 9.72. The first-order valence-corrected chi connectivity index (χ1v) is 12.6. The fourth-order valence-electron chi connectivity index (χ4n) is 2.49. The molecule has 0 radical (unpaired) electrons. The zero-order valence-corrected chi connectivity index (χ0v) is 19.8. The molecular formula is C20H39NO5Si. The van der Waals surface area contributed by atoms with Gasteiger partial charge in [0.25, 0.3) is 0 Å². The highest BCUT2D eigenvalue weighted by molar-refractivity contribution is 6.74. The summed E-state index contributed by atoms with van der Waals surface area (Å²) in [5.74, 6) is 0.0531. The number of carbonyl (C=O) groups excluding carboxylic acids is 1. The Morgan fingerprint density at radius 1 is 1.26 bits per heavy atom. The van der Waals surface area contributed by atoms with Crippen molar-refractivity contribution in [1.29, 1.82) is 0 Å². The van der Waals surface area contributed by atoms with Crippen LogP contribution in [0, 0.1) is 5.41 Å². The van der Waals surface area contributed by atoms with Gasteiger partial charge in [0.15, 0.2) is 20.0 Å². The summed E-state index contributed by atoms with van der Waals surface area (Å²) in [7, 11) is -0.363. The van der Waals surface area contributed by atoms with E-state index in [-0.39, 0.29) is 23.0 Å². The van der Waals surface area contributed by atoms with E-state index in [0.29, 0.717) is 18.7 Å². The Kier molecular flexibility index (Phi) is 7.33. The molecule has 0 unspecified atom stereocenters. The number of esters is 1. The standard InChI is InChI=1S/C20H39NO5Si/c1-18(2,3)20(7)17(24-8)21-15(16(23)26-20)12-11-14(22)13-25-27(9,10)19(4,5)6/h14-15,22H,11-13H2,1-10H3/t14-,15+,20+/m1/s1. The molecule has 1 N–H and O–H groups in total. The van der Waals surface area contributed by atoms with Crippen molar-refractivity contribution in [1.82, 2.24) is 0 Å². The maximum atomic E-state index is 12.5.